The third kappa shape index (κ3) is 3.89. The zero-order valence-electron chi connectivity index (χ0n) is 18.2. The fraction of sp³-hybridized carbons (Fsp3) is 0.185. The summed E-state index contributed by atoms with van der Waals surface area (Å²) in [4.78, 5) is 26.5. The lowest BCUT2D eigenvalue weighted by atomic mass is 9.79. The van der Waals surface area contributed by atoms with Gasteiger partial charge in [0.2, 0.25) is 5.88 Å². The van der Waals surface area contributed by atoms with Crippen molar-refractivity contribution in [3.8, 4) is 17.3 Å². The second kappa shape index (κ2) is 8.71. The highest BCUT2D eigenvalue weighted by Crippen LogP contribution is 2.28. The van der Waals surface area contributed by atoms with Gasteiger partial charge in [-0.25, -0.2) is 9.36 Å². The van der Waals surface area contributed by atoms with E-state index in [4.69, 9.17) is 0 Å². The predicted molar refractivity (Wildman–Crippen MR) is 126 cm³/mol. The summed E-state index contributed by atoms with van der Waals surface area (Å²) in [6.07, 6.45) is 0.310. The Morgan fingerprint density at radius 2 is 1.25 bits per heavy atom. The van der Waals surface area contributed by atoms with Gasteiger partial charge in [0.05, 0.1) is 16.9 Å². The second-order valence-electron chi connectivity index (χ2n) is 8.32. The normalized spacial score (nSPS) is 11.4. The molecule has 4 rings (SSSR count). The second-order valence-corrected chi connectivity index (χ2v) is 8.32. The van der Waals surface area contributed by atoms with E-state index in [1.165, 1.54) is 9.36 Å². The van der Waals surface area contributed by atoms with E-state index in [9.17, 15) is 14.7 Å². The molecule has 0 unspecified atom stereocenters. The van der Waals surface area contributed by atoms with Gasteiger partial charge in [-0.1, -0.05) is 66.7 Å². The van der Waals surface area contributed by atoms with Gasteiger partial charge < -0.3 is 5.11 Å². The van der Waals surface area contributed by atoms with Crippen molar-refractivity contribution in [3.05, 3.63) is 112 Å². The quantitative estimate of drug-likeness (QED) is 0.461. The van der Waals surface area contributed by atoms with E-state index in [1.807, 2.05) is 105 Å². The van der Waals surface area contributed by atoms with Gasteiger partial charge in [0, 0.05) is 11.8 Å². The molecule has 0 amide bonds. The molecule has 32 heavy (non-hydrogen) atoms. The molecule has 5 heteroatoms. The van der Waals surface area contributed by atoms with Crippen LogP contribution in [0.5, 0.6) is 5.88 Å². The van der Waals surface area contributed by atoms with E-state index in [-0.39, 0.29) is 35.6 Å². The van der Waals surface area contributed by atoms with E-state index >= 15 is 0 Å². The number of hydrogen-bond donors (Lipinski definition) is 1. The number of Topliss-reactive ketones (excluding diaryl/α,β-unsaturated/α-hetero) is 1. The zero-order valence-corrected chi connectivity index (χ0v) is 18.2. The molecule has 1 aromatic heterocycles. The van der Waals surface area contributed by atoms with Crippen LogP contribution in [0.25, 0.3) is 11.4 Å². The number of aromatic hydroxyl groups is 1. The molecule has 0 saturated heterocycles. The van der Waals surface area contributed by atoms with Crippen LogP contribution in [-0.4, -0.2) is 20.3 Å². The maximum atomic E-state index is 13.4. The van der Waals surface area contributed by atoms with Gasteiger partial charge in [-0.05, 0) is 50.1 Å². The van der Waals surface area contributed by atoms with Gasteiger partial charge in [-0.3, -0.25) is 9.59 Å². The molecule has 1 heterocycles. The number of aromatic nitrogens is 2. The van der Waals surface area contributed by atoms with Crippen molar-refractivity contribution in [2.45, 2.75) is 32.1 Å². The molecule has 0 radical (unpaired) electrons. The molecule has 4 aromatic rings. The summed E-state index contributed by atoms with van der Waals surface area (Å²) in [5.74, 6) is -0.128. The van der Waals surface area contributed by atoms with Crippen LogP contribution in [-0.2, 0) is 16.6 Å². The summed E-state index contributed by atoms with van der Waals surface area (Å²) in [6, 6.07) is 28.0. The minimum Gasteiger partial charge on any atom is -0.493 e. The van der Waals surface area contributed by atoms with E-state index in [0.29, 0.717) is 11.4 Å². The predicted octanol–water partition coefficient (Wildman–Crippen LogP) is 4.81. The maximum absolute atomic E-state index is 13.4. The number of ketones is 1. The van der Waals surface area contributed by atoms with E-state index < -0.39 is 5.41 Å². The molecular weight excluding hydrogens is 400 g/mol. The van der Waals surface area contributed by atoms with Crippen molar-refractivity contribution in [1.29, 1.82) is 0 Å². The first kappa shape index (κ1) is 21.4. The van der Waals surface area contributed by atoms with Gasteiger partial charge in [-0.15, -0.1) is 0 Å². The van der Waals surface area contributed by atoms with Crippen LogP contribution >= 0.6 is 0 Å². The molecule has 5 nitrogen and oxygen atoms in total. The van der Waals surface area contributed by atoms with Crippen LogP contribution in [0.1, 0.15) is 31.4 Å². The number of nitrogens with zero attached hydrogens (tertiary/aromatic N) is 2. The highest BCUT2D eigenvalue weighted by Gasteiger charge is 2.30. The number of rotatable bonds is 7. The Labute approximate surface area is 187 Å². The Hall–Kier alpha value is -3.86. The van der Waals surface area contributed by atoms with Crippen molar-refractivity contribution in [1.82, 2.24) is 9.36 Å². The molecule has 0 saturated carbocycles. The van der Waals surface area contributed by atoms with Crippen LogP contribution in [0.2, 0.25) is 0 Å². The average Bonchev–Trinajstić information content (AvgIpc) is 3.08. The SMILES string of the molecule is CC(C)(C(=O)CCc1c(O)n(-c2ccccc2)n(-c2ccccc2)c1=O)c1ccccc1. The lowest BCUT2D eigenvalue weighted by Crippen LogP contribution is -2.29. The van der Waals surface area contributed by atoms with E-state index in [0.717, 1.165) is 5.56 Å². The number of para-hydroxylation sites is 2. The molecule has 0 aliphatic rings. The maximum Gasteiger partial charge on any atom is 0.278 e. The summed E-state index contributed by atoms with van der Waals surface area (Å²) >= 11 is 0. The molecule has 162 valence electrons. The van der Waals surface area contributed by atoms with E-state index in [1.54, 1.807) is 0 Å². The standard InChI is InChI=1S/C27H26N2O3/c1-27(2,20-12-6-3-7-13-20)24(30)19-18-23-25(31)28(21-14-8-4-9-15-21)29(26(23)32)22-16-10-5-11-17-22/h3-17,31H,18-19H2,1-2H3. The summed E-state index contributed by atoms with van der Waals surface area (Å²) in [7, 11) is 0. The molecule has 0 aliphatic heterocycles. The zero-order chi connectivity index (χ0) is 22.7. The first-order valence-electron chi connectivity index (χ1n) is 10.7. The van der Waals surface area contributed by atoms with Crippen LogP contribution in [0, 0.1) is 0 Å². The summed E-state index contributed by atoms with van der Waals surface area (Å²) < 4.78 is 2.95. The van der Waals surface area contributed by atoms with Crippen molar-refractivity contribution >= 4 is 5.78 Å². The largest absolute Gasteiger partial charge is 0.493 e. The van der Waals surface area contributed by atoms with Crippen LogP contribution in [0.15, 0.2) is 95.8 Å². The molecule has 0 bridgehead atoms. The Bertz CT molecular complexity index is 1270. The van der Waals surface area contributed by atoms with Gasteiger partial charge in [0.25, 0.3) is 5.56 Å². The smallest absolute Gasteiger partial charge is 0.278 e. The minimum absolute atomic E-state index is 0.0150. The van der Waals surface area contributed by atoms with Gasteiger partial charge in [0.1, 0.15) is 5.78 Å². The third-order valence-electron chi connectivity index (χ3n) is 5.92. The van der Waals surface area contributed by atoms with Gasteiger partial charge in [0.15, 0.2) is 0 Å². The number of carbonyl (C=O) groups is 1. The average molecular weight is 427 g/mol. The van der Waals surface area contributed by atoms with Crippen molar-refractivity contribution in [2.75, 3.05) is 0 Å². The topological polar surface area (TPSA) is 64.2 Å². The fourth-order valence-electron chi connectivity index (χ4n) is 3.93. The van der Waals surface area contributed by atoms with Gasteiger partial charge >= 0.3 is 0 Å². The molecule has 0 spiro atoms. The number of carbonyl (C=O) groups excluding carboxylic acids is 1. The Kier molecular flexibility index (Phi) is 5.82. The van der Waals surface area contributed by atoms with Crippen LogP contribution < -0.4 is 5.56 Å². The Balaban J connectivity index is 1.72. The summed E-state index contributed by atoms with van der Waals surface area (Å²) in [5.41, 5.74) is 1.44. The molecule has 0 aliphatic carbocycles. The first-order chi connectivity index (χ1) is 15.4. The highest BCUT2D eigenvalue weighted by atomic mass is 16.3. The van der Waals surface area contributed by atoms with Crippen LogP contribution in [0.4, 0.5) is 0 Å². The lowest BCUT2D eigenvalue weighted by Gasteiger charge is -2.23. The van der Waals surface area contributed by atoms with E-state index in [2.05, 4.69) is 0 Å². The monoisotopic (exact) mass is 426 g/mol. The molecule has 1 N–H and O–H groups in total. The number of benzene rings is 3. The van der Waals surface area contributed by atoms with Crippen LogP contribution in [0.3, 0.4) is 0 Å². The molecular formula is C27H26N2O3. The van der Waals surface area contributed by atoms with Gasteiger partial charge in [-0.2, -0.15) is 0 Å². The lowest BCUT2D eigenvalue weighted by molar-refractivity contribution is -0.123. The fourth-order valence-corrected chi connectivity index (χ4v) is 3.93. The minimum atomic E-state index is -0.683. The third-order valence-corrected chi connectivity index (χ3v) is 5.92. The number of hydrogen-bond acceptors (Lipinski definition) is 3. The summed E-state index contributed by atoms with van der Waals surface area (Å²) in [5, 5.41) is 11.1. The molecule has 0 atom stereocenters. The molecule has 0 fully saturated rings. The van der Waals surface area contributed by atoms with Crippen molar-refractivity contribution in [3.63, 3.8) is 0 Å². The highest BCUT2D eigenvalue weighted by molar-refractivity contribution is 5.89. The van der Waals surface area contributed by atoms with Crippen molar-refractivity contribution < 1.29 is 9.90 Å². The summed E-state index contributed by atoms with van der Waals surface area (Å²) in [6.45, 7) is 3.78. The first-order valence-corrected chi connectivity index (χ1v) is 10.7. The van der Waals surface area contributed by atoms with Crippen molar-refractivity contribution in [2.24, 2.45) is 0 Å². The Morgan fingerprint density at radius 1 is 0.781 bits per heavy atom. The Morgan fingerprint density at radius 3 is 1.78 bits per heavy atom. The molecule has 3 aromatic carbocycles.